The summed E-state index contributed by atoms with van der Waals surface area (Å²) in [6.07, 6.45) is 2.89. The van der Waals surface area contributed by atoms with E-state index in [0.717, 1.165) is 0 Å². The molecule has 126 valence electrons. The molecule has 2 aromatic rings. The van der Waals surface area contributed by atoms with Crippen LogP contribution in [0.4, 0.5) is 10.1 Å². The number of nitrogens with zero attached hydrogens (tertiary/aromatic N) is 1. The molecule has 0 bridgehead atoms. The van der Waals surface area contributed by atoms with Crippen LogP contribution in [-0.2, 0) is 4.79 Å². The van der Waals surface area contributed by atoms with Gasteiger partial charge >= 0.3 is 0 Å². The van der Waals surface area contributed by atoms with E-state index in [9.17, 15) is 14.0 Å². The van der Waals surface area contributed by atoms with E-state index in [1.165, 1.54) is 18.2 Å². The van der Waals surface area contributed by atoms with Gasteiger partial charge in [0.25, 0.3) is 5.91 Å². The predicted octanol–water partition coefficient (Wildman–Crippen LogP) is 3.30. The molecule has 1 fully saturated rings. The molecular formula is C17H17ClFN3O2. The zero-order valence-electron chi connectivity index (χ0n) is 12.9. The van der Waals surface area contributed by atoms with Crippen molar-refractivity contribution in [3.63, 3.8) is 0 Å². The van der Waals surface area contributed by atoms with Gasteiger partial charge in [-0.15, -0.1) is 0 Å². The molecule has 0 radical (unpaired) electrons. The van der Waals surface area contributed by atoms with E-state index in [1.54, 1.807) is 23.2 Å². The van der Waals surface area contributed by atoms with E-state index in [2.05, 4.69) is 10.3 Å². The largest absolute Gasteiger partial charge is 0.357 e. The molecule has 2 N–H and O–H groups in total. The Morgan fingerprint density at radius 3 is 2.62 bits per heavy atom. The highest BCUT2D eigenvalue weighted by Crippen LogP contribution is 2.23. The SMILES string of the molecule is O=C(Nc1ccc(F)c(Cl)c1)C1CCN(C(=O)c2ccc[nH]2)CC1. The molecule has 0 atom stereocenters. The molecular weight excluding hydrogens is 333 g/mol. The monoisotopic (exact) mass is 349 g/mol. The third kappa shape index (κ3) is 3.59. The van der Waals surface area contributed by atoms with Gasteiger partial charge in [0.05, 0.1) is 5.02 Å². The lowest BCUT2D eigenvalue weighted by Gasteiger charge is -2.31. The van der Waals surface area contributed by atoms with Crippen LogP contribution in [0.15, 0.2) is 36.5 Å². The van der Waals surface area contributed by atoms with Crippen molar-refractivity contribution in [3.05, 3.63) is 53.1 Å². The zero-order valence-corrected chi connectivity index (χ0v) is 13.6. The highest BCUT2D eigenvalue weighted by molar-refractivity contribution is 6.31. The number of piperidine rings is 1. The predicted molar refractivity (Wildman–Crippen MR) is 89.5 cm³/mol. The molecule has 1 aromatic heterocycles. The third-order valence-corrected chi connectivity index (χ3v) is 4.46. The maximum atomic E-state index is 13.1. The molecule has 0 saturated carbocycles. The number of rotatable bonds is 3. The maximum Gasteiger partial charge on any atom is 0.270 e. The Morgan fingerprint density at radius 1 is 1.25 bits per heavy atom. The molecule has 1 aliphatic rings. The van der Waals surface area contributed by atoms with E-state index in [1.807, 2.05) is 0 Å². The number of aromatic amines is 1. The first-order chi connectivity index (χ1) is 11.5. The number of carbonyl (C=O) groups is 2. The number of hydrogen-bond donors (Lipinski definition) is 2. The minimum atomic E-state index is -0.522. The molecule has 2 amide bonds. The summed E-state index contributed by atoms with van der Waals surface area (Å²) in [4.78, 5) is 29.2. The Kier molecular flexibility index (Phi) is 4.85. The maximum absolute atomic E-state index is 13.1. The summed E-state index contributed by atoms with van der Waals surface area (Å²) >= 11 is 5.71. The van der Waals surface area contributed by atoms with Crippen molar-refractivity contribution in [2.24, 2.45) is 5.92 Å². The molecule has 2 heterocycles. The van der Waals surface area contributed by atoms with Crippen molar-refractivity contribution >= 4 is 29.1 Å². The molecule has 24 heavy (non-hydrogen) atoms. The standard InChI is InChI=1S/C17H17ClFN3O2/c18-13-10-12(3-4-14(13)19)21-16(23)11-5-8-22(9-6-11)17(24)15-2-1-7-20-15/h1-4,7,10-11,20H,5-6,8-9H2,(H,21,23). The van der Waals surface area contributed by atoms with Crippen LogP contribution >= 0.6 is 11.6 Å². The first-order valence-electron chi connectivity index (χ1n) is 7.73. The number of anilines is 1. The fourth-order valence-electron chi connectivity index (χ4n) is 2.80. The average molecular weight is 350 g/mol. The Morgan fingerprint density at radius 2 is 2.00 bits per heavy atom. The lowest BCUT2D eigenvalue weighted by Crippen LogP contribution is -2.41. The summed E-state index contributed by atoms with van der Waals surface area (Å²) in [5.74, 6) is -0.888. The number of amides is 2. The van der Waals surface area contributed by atoms with Crippen LogP contribution in [-0.4, -0.2) is 34.8 Å². The quantitative estimate of drug-likeness (QED) is 0.893. The van der Waals surface area contributed by atoms with Gasteiger partial charge in [-0.25, -0.2) is 4.39 Å². The molecule has 0 unspecified atom stereocenters. The van der Waals surface area contributed by atoms with Gasteiger partial charge in [0.1, 0.15) is 11.5 Å². The third-order valence-electron chi connectivity index (χ3n) is 4.17. The number of halogens is 2. The van der Waals surface area contributed by atoms with Gasteiger partial charge in [0.15, 0.2) is 0 Å². The van der Waals surface area contributed by atoms with Gasteiger partial charge in [-0.1, -0.05) is 11.6 Å². The Hall–Kier alpha value is -2.34. The zero-order chi connectivity index (χ0) is 17.1. The molecule has 3 rings (SSSR count). The van der Waals surface area contributed by atoms with Crippen molar-refractivity contribution in [1.29, 1.82) is 0 Å². The molecule has 0 spiro atoms. The Bertz CT molecular complexity index is 740. The van der Waals surface area contributed by atoms with Crippen LogP contribution in [0.2, 0.25) is 5.02 Å². The van der Waals surface area contributed by atoms with Gasteiger partial charge in [0, 0.05) is 30.9 Å². The second-order valence-corrected chi connectivity index (χ2v) is 6.18. The normalized spacial score (nSPS) is 15.3. The summed E-state index contributed by atoms with van der Waals surface area (Å²) < 4.78 is 13.1. The topological polar surface area (TPSA) is 65.2 Å². The summed E-state index contributed by atoms with van der Waals surface area (Å²) in [5, 5.41) is 2.72. The highest BCUT2D eigenvalue weighted by atomic mass is 35.5. The minimum absolute atomic E-state index is 0.0286. The second-order valence-electron chi connectivity index (χ2n) is 5.77. The van der Waals surface area contributed by atoms with E-state index in [4.69, 9.17) is 11.6 Å². The van der Waals surface area contributed by atoms with Crippen LogP contribution < -0.4 is 5.32 Å². The first kappa shape index (κ1) is 16.5. The van der Waals surface area contributed by atoms with Crippen molar-refractivity contribution in [2.45, 2.75) is 12.8 Å². The van der Waals surface area contributed by atoms with Crippen molar-refractivity contribution in [3.8, 4) is 0 Å². The fraction of sp³-hybridized carbons (Fsp3) is 0.294. The van der Waals surface area contributed by atoms with Gasteiger partial charge < -0.3 is 15.2 Å². The number of nitrogens with one attached hydrogen (secondary N) is 2. The molecule has 5 nitrogen and oxygen atoms in total. The van der Waals surface area contributed by atoms with Crippen molar-refractivity contribution in [1.82, 2.24) is 9.88 Å². The number of H-pyrrole nitrogens is 1. The molecule has 7 heteroatoms. The Labute approximate surface area is 143 Å². The lowest BCUT2D eigenvalue weighted by molar-refractivity contribution is -0.121. The van der Waals surface area contributed by atoms with Crippen LogP contribution in [0.5, 0.6) is 0 Å². The van der Waals surface area contributed by atoms with Crippen LogP contribution in [0.25, 0.3) is 0 Å². The number of hydrogen-bond acceptors (Lipinski definition) is 2. The van der Waals surface area contributed by atoms with Gasteiger partial charge in [0.2, 0.25) is 5.91 Å². The number of aromatic nitrogens is 1. The number of likely N-dealkylation sites (tertiary alicyclic amines) is 1. The molecule has 1 saturated heterocycles. The number of benzene rings is 1. The highest BCUT2D eigenvalue weighted by Gasteiger charge is 2.28. The lowest BCUT2D eigenvalue weighted by atomic mass is 9.95. The fourth-order valence-corrected chi connectivity index (χ4v) is 2.98. The van der Waals surface area contributed by atoms with Gasteiger partial charge in [-0.2, -0.15) is 0 Å². The van der Waals surface area contributed by atoms with Crippen molar-refractivity contribution < 1.29 is 14.0 Å². The minimum Gasteiger partial charge on any atom is -0.357 e. The molecule has 1 aromatic carbocycles. The van der Waals surface area contributed by atoms with Crippen LogP contribution in [0, 0.1) is 11.7 Å². The van der Waals surface area contributed by atoms with E-state index < -0.39 is 5.82 Å². The number of carbonyl (C=O) groups excluding carboxylic acids is 2. The van der Waals surface area contributed by atoms with Crippen LogP contribution in [0.1, 0.15) is 23.3 Å². The summed E-state index contributed by atoms with van der Waals surface area (Å²) in [6, 6.07) is 7.60. The Balaban J connectivity index is 1.55. The van der Waals surface area contributed by atoms with Crippen molar-refractivity contribution in [2.75, 3.05) is 18.4 Å². The first-order valence-corrected chi connectivity index (χ1v) is 8.11. The summed E-state index contributed by atoms with van der Waals surface area (Å²) in [7, 11) is 0. The van der Waals surface area contributed by atoms with Crippen LogP contribution in [0.3, 0.4) is 0 Å². The molecule has 1 aliphatic heterocycles. The summed E-state index contributed by atoms with van der Waals surface area (Å²) in [5.41, 5.74) is 1.02. The van der Waals surface area contributed by atoms with E-state index in [-0.39, 0.29) is 22.8 Å². The van der Waals surface area contributed by atoms with E-state index >= 15 is 0 Å². The van der Waals surface area contributed by atoms with Gasteiger partial charge in [-0.05, 0) is 43.2 Å². The average Bonchev–Trinajstić information content (AvgIpc) is 3.12. The molecule has 0 aliphatic carbocycles. The van der Waals surface area contributed by atoms with E-state index in [0.29, 0.717) is 37.3 Å². The summed E-state index contributed by atoms with van der Waals surface area (Å²) in [6.45, 7) is 1.06. The second kappa shape index (κ2) is 7.05. The van der Waals surface area contributed by atoms with Gasteiger partial charge in [-0.3, -0.25) is 9.59 Å². The smallest absolute Gasteiger partial charge is 0.270 e.